The van der Waals surface area contributed by atoms with Crippen LogP contribution in [0.5, 0.6) is 0 Å². The van der Waals surface area contributed by atoms with Gasteiger partial charge < -0.3 is 14.1 Å². The standard InChI is InChI=1S/C15H17NO3/c1-4-16(2)12-7-5-11(6-8-12)13-9-10-14(19-13)15(17)18-3/h5-10H,4H2,1-3H3. The highest BCUT2D eigenvalue weighted by atomic mass is 16.5. The number of nitrogens with zero attached hydrogens (tertiary/aromatic N) is 1. The summed E-state index contributed by atoms with van der Waals surface area (Å²) >= 11 is 0. The molecule has 0 radical (unpaired) electrons. The molecule has 0 fully saturated rings. The molecule has 1 aromatic carbocycles. The smallest absolute Gasteiger partial charge is 0.373 e. The molecule has 2 rings (SSSR count). The molecule has 100 valence electrons. The van der Waals surface area contributed by atoms with Gasteiger partial charge in [-0.15, -0.1) is 0 Å². The SMILES string of the molecule is CCN(C)c1ccc(-c2ccc(C(=O)OC)o2)cc1. The number of rotatable bonds is 4. The molecule has 0 aliphatic heterocycles. The maximum absolute atomic E-state index is 11.3. The molecule has 0 saturated carbocycles. The van der Waals surface area contributed by atoms with Crippen molar-refractivity contribution in [2.24, 2.45) is 0 Å². The molecule has 1 heterocycles. The van der Waals surface area contributed by atoms with E-state index < -0.39 is 5.97 Å². The molecule has 2 aromatic rings. The molecular weight excluding hydrogens is 242 g/mol. The summed E-state index contributed by atoms with van der Waals surface area (Å²) in [5, 5.41) is 0. The van der Waals surface area contributed by atoms with Crippen LogP contribution in [0.15, 0.2) is 40.8 Å². The van der Waals surface area contributed by atoms with Crippen molar-refractivity contribution in [2.45, 2.75) is 6.92 Å². The van der Waals surface area contributed by atoms with Gasteiger partial charge in [-0.25, -0.2) is 4.79 Å². The number of esters is 1. The van der Waals surface area contributed by atoms with Gasteiger partial charge in [-0.3, -0.25) is 0 Å². The predicted octanol–water partition coefficient (Wildman–Crippen LogP) is 3.19. The fourth-order valence-electron chi connectivity index (χ4n) is 1.77. The Morgan fingerprint density at radius 2 is 1.89 bits per heavy atom. The van der Waals surface area contributed by atoms with Crippen molar-refractivity contribution in [1.29, 1.82) is 0 Å². The fraction of sp³-hybridized carbons (Fsp3) is 0.267. The van der Waals surface area contributed by atoms with E-state index in [1.54, 1.807) is 12.1 Å². The molecule has 0 amide bonds. The highest BCUT2D eigenvalue weighted by molar-refractivity contribution is 5.87. The van der Waals surface area contributed by atoms with E-state index in [-0.39, 0.29) is 5.76 Å². The monoisotopic (exact) mass is 259 g/mol. The lowest BCUT2D eigenvalue weighted by atomic mass is 10.1. The Labute approximate surface area is 112 Å². The third kappa shape index (κ3) is 2.78. The third-order valence-corrected chi connectivity index (χ3v) is 3.06. The van der Waals surface area contributed by atoms with Crippen LogP contribution in [-0.4, -0.2) is 26.7 Å². The Morgan fingerprint density at radius 1 is 1.21 bits per heavy atom. The minimum Gasteiger partial charge on any atom is -0.463 e. The number of methoxy groups -OCH3 is 1. The molecule has 0 saturated heterocycles. The van der Waals surface area contributed by atoms with Crippen molar-refractivity contribution in [2.75, 3.05) is 25.6 Å². The molecule has 0 bridgehead atoms. The van der Waals surface area contributed by atoms with E-state index in [1.807, 2.05) is 31.3 Å². The second kappa shape index (κ2) is 5.61. The molecule has 0 N–H and O–H groups in total. The summed E-state index contributed by atoms with van der Waals surface area (Å²) in [7, 11) is 3.37. The van der Waals surface area contributed by atoms with E-state index in [9.17, 15) is 4.79 Å². The van der Waals surface area contributed by atoms with E-state index in [2.05, 4.69) is 16.6 Å². The first-order valence-corrected chi connectivity index (χ1v) is 6.15. The molecular formula is C15H17NO3. The van der Waals surface area contributed by atoms with E-state index in [1.165, 1.54) is 7.11 Å². The number of hydrogen-bond donors (Lipinski definition) is 0. The Morgan fingerprint density at radius 3 is 2.47 bits per heavy atom. The number of carbonyl (C=O) groups excluding carboxylic acids is 1. The summed E-state index contributed by atoms with van der Waals surface area (Å²) in [5.41, 5.74) is 2.08. The van der Waals surface area contributed by atoms with E-state index in [4.69, 9.17) is 4.42 Å². The molecule has 0 aliphatic rings. The Balaban J connectivity index is 2.22. The molecule has 0 aliphatic carbocycles. The fourth-order valence-corrected chi connectivity index (χ4v) is 1.77. The highest BCUT2D eigenvalue weighted by Crippen LogP contribution is 2.25. The van der Waals surface area contributed by atoms with Crippen molar-refractivity contribution in [3.05, 3.63) is 42.2 Å². The minimum atomic E-state index is -0.464. The van der Waals surface area contributed by atoms with Crippen LogP contribution >= 0.6 is 0 Å². The molecule has 0 spiro atoms. The number of anilines is 1. The second-order valence-corrected chi connectivity index (χ2v) is 4.22. The van der Waals surface area contributed by atoms with Gasteiger partial charge in [-0.05, 0) is 43.3 Å². The van der Waals surface area contributed by atoms with Crippen molar-refractivity contribution in [3.8, 4) is 11.3 Å². The van der Waals surface area contributed by atoms with Crippen LogP contribution in [0.2, 0.25) is 0 Å². The topological polar surface area (TPSA) is 42.7 Å². The predicted molar refractivity (Wildman–Crippen MR) is 74.4 cm³/mol. The number of benzene rings is 1. The van der Waals surface area contributed by atoms with Crippen LogP contribution in [0.1, 0.15) is 17.5 Å². The largest absolute Gasteiger partial charge is 0.463 e. The first-order valence-electron chi connectivity index (χ1n) is 6.15. The van der Waals surface area contributed by atoms with Crippen molar-refractivity contribution < 1.29 is 13.9 Å². The maximum Gasteiger partial charge on any atom is 0.373 e. The number of hydrogen-bond acceptors (Lipinski definition) is 4. The zero-order valence-corrected chi connectivity index (χ0v) is 11.3. The summed E-state index contributed by atoms with van der Waals surface area (Å²) in [4.78, 5) is 13.5. The summed E-state index contributed by atoms with van der Waals surface area (Å²) in [6.45, 7) is 3.05. The van der Waals surface area contributed by atoms with Gasteiger partial charge in [0.1, 0.15) is 5.76 Å². The number of ether oxygens (including phenoxy) is 1. The van der Waals surface area contributed by atoms with Gasteiger partial charge in [-0.1, -0.05) is 0 Å². The van der Waals surface area contributed by atoms with Gasteiger partial charge in [0.05, 0.1) is 7.11 Å². The van der Waals surface area contributed by atoms with Gasteiger partial charge in [0, 0.05) is 24.8 Å². The van der Waals surface area contributed by atoms with Gasteiger partial charge in [0.2, 0.25) is 5.76 Å². The van der Waals surface area contributed by atoms with Gasteiger partial charge in [0.15, 0.2) is 0 Å². The van der Waals surface area contributed by atoms with Gasteiger partial charge in [-0.2, -0.15) is 0 Å². The zero-order valence-electron chi connectivity index (χ0n) is 11.3. The maximum atomic E-state index is 11.3. The zero-order chi connectivity index (χ0) is 13.8. The van der Waals surface area contributed by atoms with E-state index in [0.717, 1.165) is 17.8 Å². The summed E-state index contributed by atoms with van der Waals surface area (Å²) in [6.07, 6.45) is 0. The summed E-state index contributed by atoms with van der Waals surface area (Å²) < 4.78 is 10.1. The van der Waals surface area contributed by atoms with Crippen LogP contribution in [0.3, 0.4) is 0 Å². The summed E-state index contributed by atoms with van der Waals surface area (Å²) in [5.74, 6) is 0.409. The molecule has 4 heteroatoms. The van der Waals surface area contributed by atoms with Gasteiger partial charge >= 0.3 is 5.97 Å². The average Bonchev–Trinajstić information content (AvgIpc) is 2.95. The van der Waals surface area contributed by atoms with Crippen molar-refractivity contribution in [3.63, 3.8) is 0 Å². The molecule has 1 aromatic heterocycles. The second-order valence-electron chi connectivity index (χ2n) is 4.22. The van der Waals surface area contributed by atoms with Crippen LogP contribution in [0.25, 0.3) is 11.3 Å². The van der Waals surface area contributed by atoms with Crippen LogP contribution in [-0.2, 0) is 4.74 Å². The van der Waals surface area contributed by atoms with E-state index in [0.29, 0.717) is 5.76 Å². The quantitative estimate of drug-likeness (QED) is 0.791. The first kappa shape index (κ1) is 13.2. The van der Waals surface area contributed by atoms with Crippen molar-refractivity contribution in [1.82, 2.24) is 0 Å². The molecule has 19 heavy (non-hydrogen) atoms. The Kier molecular flexibility index (Phi) is 3.90. The van der Waals surface area contributed by atoms with Crippen molar-refractivity contribution >= 4 is 11.7 Å². The summed E-state index contributed by atoms with van der Waals surface area (Å²) in [6, 6.07) is 11.4. The van der Waals surface area contributed by atoms with Crippen LogP contribution in [0.4, 0.5) is 5.69 Å². The number of carbonyl (C=O) groups is 1. The normalized spacial score (nSPS) is 10.3. The first-order chi connectivity index (χ1) is 9.15. The average molecular weight is 259 g/mol. The van der Waals surface area contributed by atoms with E-state index >= 15 is 0 Å². The lowest BCUT2D eigenvalue weighted by Gasteiger charge is -2.16. The van der Waals surface area contributed by atoms with Crippen LogP contribution < -0.4 is 4.90 Å². The Bertz CT molecular complexity index is 557. The highest BCUT2D eigenvalue weighted by Gasteiger charge is 2.12. The lowest BCUT2D eigenvalue weighted by molar-refractivity contribution is 0.0566. The molecule has 0 atom stereocenters. The third-order valence-electron chi connectivity index (χ3n) is 3.06. The number of furan rings is 1. The molecule has 0 unspecified atom stereocenters. The molecule has 4 nitrogen and oxygen atoms in total. The Hall–Kier alpha value is -2.23. The lowest BCUT2D eigenvalue weighted by Crippen LogP contribution is -2.15. The minimum absolute atomic E-state index is 0.215. The van der Waals surface area contributed by atoms with Crippen LogP contribution in [0, 0.1) is 0 Å². The van der Waals surface area contributed by atoms with Gasteiger partial charge in [0.25, 0.3) is 0 Å².